The number of hydrogen-bond acceptors (Lipinski definition) is 3. The van der Waals surface area contributed by atoms with Gasteiger partial charge in [-0.1, -0.05) is 24.6 Å². The van der Waals surface area contributed by atoms with E-state index in [1.54, 1.807) is 0 Å². The number of nitrogens with one attached hydrogen (secondary N) is 1. The fourth-order valence-corrected chi connectivity index (χ4v) is 3.98. The van der Waals surface area contributed by atoms with Crippen LogP contribution in [0.25, 0.3) is 0 Å². The Bertz CT molecular complexity index is 993. The monoisotopic (exact) mass is 437 g/mol. The molecule has 1 aromatic carbocycles. The minimum absolute atomic E-state index is 0.0147. The van der Waals surface area contributed by atoms with Crippen molar-refractivity contribution in [2.75, 3.05) is 7.11 Å². The van der Waals surface area contributed by atoms with Crippen molar-refractivity contribution in [3.63, 3.8) is 0 Å². The molecule has 0 spiro atoms. The van der Waals surface area contributed by atoms with E-state index in [1.807, 2.05) is 0 Å². The van der Waals surface area contributed by atoms with Gasteiger partial charge in [-0.3, -0.25) is 4.79 Å². The Labute approximate surface area is 167 Å². The van der Waals surface area contributed by atoms with Gasteiger partial charge in [0.2, 0.25) is 5.82 Å². The summed E-state index contributed by atoms with van der Waals surface area (Å²) in [5.74, 6) is -5.42. The third-order valence-corrected chi connectivity index (χ3v) is 5.65. The second kappa shape index (κ2) is 7.28. The van der Waals surface area contributed by atoms with Crippen LogP contribution in [0.2, 0.25) is 5.15 Å². The van der Waals surface area contributed by atoms with Gasteiger partial charge >= 0.3 is 6.18 Å². The zero-order valence-electron chi connectivity index (χ0n) is 15.5. The molecule has 1 fully saturated rings. The second-order valence-corrected chi connectivity index (χ2v) is 7.47. The topological polar surface area (TPSA) is 51.3 Å². The maximum atomic E-state index is 14.3. The molecule has 1 aliphatic heterocycles. The average Bonchev–Trinajstić information content (AvgIpc) is 2.89. The summed E-state index contributed by atoms with van der Waals surface area (Å²) in [6.07, 6.45) is -6.12. The van der Waals surface area contributed by atoms with E-state index in [2.05, 4.69) is 4.98 Å². The zero-order valence-corrected chi connectivity index (χ0v) is 16.3. The van der Waals surface area contributed by atoms with Crippen molar-refractivity contribution >= 4 is 11.6 Å². The lowest BCUT2D eigenvalue weighted by atomic mass is 9.76. The average molecular weight is 438 g/mol. The van der Waals surface area contributed by atoms with Gasteiger partial charge in [0, 0.05) is 35.2 Å². The smallest absolute Gasteiger partial charge is 0.417 e. The van der Waals surface area contributed by atoms with E-state index in [-0.39, 0.29) is 16.4 Å². The fraction of sp³-hybridized carbons (Fsp3) is 0.421. The van der Waals surface area contributed by atoms with Crippen molar-refractivity contribution in [3.05, 3.63) is 62.5 Å². The predicted octanol–water partition coefficient (Wildman–Crippen LogP) is 5.13. The van der Waals surface area contributed by atoms with Crippen LogP contribution < -0.4 is 10.2 Å². The van der Waals surface area contributed by atoms with Gasteiger partial charge in [0.25, 0.3) is 0 Å². The number of alkyl halides is 3. The molecule has 1 aromatic heterocycles. The Morgan fingerprint density at radius 2 is 1.90 bits per heavy atom. The molecule has 4 atom stereocenters. The highest BCUT2D eigenvalue weighted by atomic mass is 35.5. The molecule has 4 nitrogen and oxygen atoms in total. The minimum Gasteiger partial charge on any atom is -0.493 e. The largest absolute Gasteiger partial charge is 0.493 e. The number of rotatable bonds is 3. The Hall–Kier alpha value is -2.13. The van der Waals surface area contributed by atoms with Gasteiger partial charge < -0.3 is 14.5 Å². The van der Waals surface area contributed by atoms with Crippen molar-refractivity contribution in [3.8, 4) is 5.75 Å². The molecule has 29 heavy (non-hydrogen) atoms. The summed E-state index contributed by atoms with van der Waals surface area (Å²) in [5, 5.41) is -0.0969. The molecule has 0 aliphatic carbocycles. The van der Waals surface area contributed by atoms with Crippen molar-refractivity contribution in [1.29, 1.82) is 0 Å². The highest BCUT2D eigenvalue weighted by Crippen LogP contribution is 2.59. The summed E-state index contributed by atoms with van der Waals surface area (Å²) < 4.78 is 79.9. The van der Waals surface area contributed by atoms with E-state index in [0.29, 0.717) is 0 Å². The molecule has 0 unspecified atom stereocenters. The molecule has 1 saturated heterocycles. The Kier molecular flexibility index (Phi) is 5.42. The first kappa shape index (κ1) is 21.6. The van der Waals surface area contributed by atoms with Crippen LogP contribution in [0.3, 0.4) is 0 Å². The quantitative estimate of drug-likeness (QED) is 0.535. The molecular weight excluding hydrogens is 421 g/mol. The molecule has 3 rings (SSSR count). The normalized spacial score (nSPS) is 27.3. The van der Waals surface area contributed by atoms with Gasteiger partial charge in [-0.25, -0.2) is 4.39 Å². The first-order chi connectivity index (χ1) is 13.4. The number of aromatic nitrogens is 1. The highest BCUT2D eigenvalue weighted by Gasteiger charge is 2.65. The molecule has 1 aliphatic rings. The summed E-state index contributed by atoms with van der Waals surface area (Å²) in [6, 6.07) is 4.07. The first-order valence-corrected chi connectivity index (χ1v) is 8.94. The molecule has 2 heterocycles. The molecule has 0 bridgehead atoms. The summed E-state index contributed by atoms with van der Waals surface area (Å²) >= 11 is 5.86. The van der Waals surface area contributed by atoms with Gasteiger partial charge in [-0.05, 0) is 13.0 Å². The van der Waals surface area contributed by atoms with Gasteiger partial charge in [-0.15, -0.1) is 0 Å². The maximum absolute atomic E-state index is 14.3. The van der Waals surface area contributed by atoms with Crippen LogP contribution >= 0.6 is 11.6 Å². The lowest BCUT2D eigenvalue weighted by Crippen LogP contribution is -2.46. The Morgan fingerprint density at radius 1 is 1.24 bits per heavy atom. The van der Waals surface area contributed by atoms with Crippen molar-refractivity contribution < 1.29 is 31.4 Å². The second-order valence-electron chi connectivity index (χ2n) is 7.06. The number of benzene rings is 1. The number of halogens is 6. The summed E-state index contributed by atoms with van der Waals surface area (Å²) in [4.78, 5) is 14.5. The van der Waals surface area contributed by atoms with Gasteiger partial charge in [0.15, 0.2) is 22.6 Å². The van der Waals surface area contributed by atoms with E-state index in [9.17, 15) is 26.7 Å². The van der Waals surface area contributed by atoms with Crippen LogP contribution in [0.1, 0.15) is 37.1 Å². The van der Waals surface area contributed by atoms with Crippen molar-refractivity contribution in [2.45, 2.75) is 37.6 Å². The predicted molar refractivity (Wildman–Crippen MR) is 95.2 cm³/mol. The number of aromatic amines is 1. The summed E-state index contributed by atoms with van der Waals surface area (Å²) in [6.45, 7) is 2.17. The van der Waals surface area contributed by atoms with Crippen LogP contribution in [-0.4, -0.2) is 23.9 Å². The van der Waals surface area contributed by atoms with Crippen LogP contribution in [-0.2, 0) is 4.74 Å². The lowest BCUT2D eigenvalue weighted by molar-refractivity contribution is -0.275. The number of methoxy groups -OCH3 is 1. The molecule has 2 aromatic rings. The van der Waals surface area contributed by atoms with Crippen LogP contribution in [0.5, 0.6) is 5.75 Å². The third kappa shape index (κ3) is 3.50. The Balaban J connectivity index is 2.25. The van der Waals surface area contributed by atoms with Crippen LogP contribution in [0.15, 0.2) is 29.1 Å². The summed E-state index contributed by atoms with van der Waals surface area (Å²) in [7, 11) is 1.08. The number of pyridine rings is 1. The molecule has 1 N–H and O–H groups in total. The number of H-pyrrole nitrogens is 1. The summed E-state index contributed by atoms with van der Waals surface area (Å²) in [5.41, 5.74) is -3.20. The fourth-order valence-electron chi connectivity index (χ4n) is 3.76. The lowest BCUT2D eigenvalue weighted by Gasteiger charge is -2.32. The van der Waals surface area contributed by atoms with Gasteiger partial charge in [0.05, 0.1) is 7.11 Å². The minimum atomic E-state index is -4.77. The molecule has 0 saturated carbocycles. The Morgan fingerprint density at radius 3 is 2.45 bits per heavy atom. The first-order valence-electron chi connectivity index (χ1n) is 8.57. The van der Waals surface area contributed by atoms with E-state index in [0.717, 1.165) is 38.3 Å². The molecule has 158 valence electrons. The highest BCUT2D eigenvalue weighted by molar-refractivity contribution is 6.29. The molecule has 0 amide bonds. The molecular formula is C19H17ClF5NO3. The van der Waals surface area contributed by atoms with Crippen LogP contribution in [0, 0.1) is 17.6 Å². The van der Waals surface area contributed by atoms with Crippen molar-refractivity contribution in [1.82, 2.24) is 4.98 Å². The molecule has 0 radical (unpaired) electrons. The third-order valence-electron chi connectivity index (χ3n) is 5.45. The van der Waals surface area contributed by atoms with Crippen molar-refractivity contribution in [2.24, 2.45) is 5.92 Å². The number of hydrogen-bond donors (Lipinski definition) is 1. The van der Waals surface area contributed by atoms with E-state index in [4.69, 9.17) is 21.1 Å². The SMILES string of the molecule is COc1c([C@H]2[C@H](c3cc(=O)cc(Cl)[nH]3)O[C@@](C)(C(F)(F)F)[C@H]2C)ccc(F)c1F. The molecule has 10 heteroatoms. The van der Waals surface area contributed by atoms with Crippen LogP contribution in [0.4, 0.5) is 22.0 Å². The van der Waals surface area contributed by atoms with E-state index >= 15 is 0 Å². The number of ether oxygens (including phenoxy) is 2. The van der Waals surface area contributed by atoms with Gasteiger partial charge in [-0.2, -0.15) is 17.6 Å². The van der Waals surface area contributed by atoms with E-state index in [1.165, 1.54) is 6.92 Å². The zero-order chi connectivity index (χ0) is 21.7. The maximum Gasteiger partial charge on any atom is 0.417 e. The standard InChI is InChI=1S/C19H17ClF5NO3/c1-8-14(10-4-5-11(21)15(22)16(10)28-3)17(29-18(8,2)19(23,24)25)12-6-9(27)7-13(20)26-12/h4-8,14,17H,1-3H3,(H,26,27)/t8-,14-,17-,18+/m0/s1. The van der Waals surface area contributed by atoms with E-state index < -0.39 is 52.5 Å². The van der Waals surface area contributed by atoms with Gasteiger partial charge in [0.1, 0.15) is 11.3 Å².